The summed E-state index contributed by atoms with van der Waals surface area (Å²) in [6.45, 7) is 0. The van der Waals surface area contributed by atoms with Crippen LogP contribution in [0.1, 0.15) is 51.4 Å². The van der Waals surface area contributed by atoms with Gasteiger partial charge in [0.15, 0.2) is 0 Å². The van der Waals surface area contributed by atoms with Crippen LogP contribution in [-0.2, 0) is 9.59 Å². The van der Waals surface area contributed by atoms with E-state index in [1.165, 1.54) is 0 Å². The van der Waals surface area contributed by atoms with Gasteiger partial charge in [-0.2, -0.15) is 0 Å². The molecule has 0 aromatic rings. The van der Waals surface area contributed by atoms with Crippen LogP contribution in [0.4, 0.5) is 0 Å². The average Bonchev–Trinajstić information content (AvgIpc) is 2.09. The minimum absolute atomic E-state index is 0.207. The molecule has 3 nitrogen and oxygen atoms in total. The van der Waals surface area contributed by atoms with Gasteiger partial charge in [0.1, 0.15) is 6.29 Å². The van der Waals surface area contributed by atoms with Gasteiger partial charge in [0.05, 0.1) is 0 Å². The van der Waals surface area contributed by atoms with Gasteiger partial charge in [-0.25, -0.2) is 0 Å². The monoisotopic (exact) mass is 185 g/mol. The van der Waals surface area contributed by atoms with Crippen LogP contribution in [0.3, 0.4) is 0 Å². The minimum atomic E-state index is -0.207. The van der Waals surface area contributed by atoms with Crippen LogP contribution in [0.5, 0.6) is 0 Å². The molecule has 2 N–H and O–H groups in total. The number of amides is 1. The number of hydrogen-bond donors (Lipinski definition) is 1. The lowest BCUT2D eigenvalue weighted by atomic mass is 10.1. The van der Waals surface area contributed by atoms with Crippen LogP contribution in [0.2, 0.25) is 0 Å². The summed E-state index contributed by atoms with van der Waals surface area (Å²) in [6, 6.07) is 0. The van der Waals surface area contributed by atoms with E-state index < -0.39 is 0 Å². The second-order valence-corrected chi connectivity index (χ2v) is 3.29. The zero-order chi connectivity index (χ0) is 9.94. The SMILES string of the molecule is NC(=O)CCCCCCCCC=O. The standard InChI is InChI=1S/C10H19NO2/c11-10(13)8-6-4-2-1-3-5-7-9-12/h9H,1-8H2,(H2,11,13). The van der Waals surface area contributed by atoms with Crippen LogP contribution in [0, 0.1) is 0 Å². The number of carbonyl (C=O) groups excluding carboxylic acids is 2. The number of unbranched alkanes of at least 4 members (excludes halogenated alkanes) is 6. The van der Waals surface area contributed by atoms with Gasteiger partial charge in [-0.15, -0.1) is 0 Å². The molecule has 0 aromatic heterocycles. The van der Waals surface area contributed by atoms with Crippen molar-refractivity contribution in [3.63, 3.8) is 0 Å². The van der Waals surface area contributed by atoms with E-state index in [1.807, 2.05) is 0 Å². The fraction of sp³-hybridized carbons (Fsp3) is 0.800. The van der Waals surface area contributed by atoms with Crippen molar-refractivity contribution in [3.8, 4) is 0 Å². The van der Waals surface area contributed by atoms with E-state index in [1.54, 1.807) is 0 Å². The van der Waals surface area contributed by atoms with Crippen molar-refractivity contribution in [1.29, 1.82) is 0 Å². The normalized spacial score (nSPS) is 9.85. The Hall–Kier alpha value is -0.860. The van der Waals surface area contributed by atoms with Crippen molar-refractivity contribution in [2.24, 2.45) is 5.73 Å². The third-order valence-electron chi connectivity index (χ3n) is 2.00. The zero-order valence-electron chi connectivity index (χ0n) is 8.13. The molecule has 0 rings (SSSR count). The van der Waals surface area contributed by atoms with Gasteiger partial charge in [0.25, 0.3) is 0 Å². The van der Waals surface area contributed by atoms with Crippen molar-refractivity contribution in [2.75, 3.05) is 0 Å². The largest absolute Gasteiger partial charge is 0.370 e. The molecule has 0 radical (unpaired) electrons. The summed E-state index contributed by atoms with van der Waals surface area (Å²) in [6.07, 6.45) is 8.56. The second-order valence-electron chi connectivity index (χ2n) is 3.29. The predicted molar refractivity (Wildman–Crippen MR) is 52.2 cm³/mol. The zero-order valence-corrected chi connectivity index (χ0v) is 8.13. The Labute approximate surface area is 79.7 Å². The molecule has 3 heteroatoms. The molecule has 0 fully saturated rings. The molecule has 0 aliphatic carbocycles. The summed E-state index contributed by atoms with van der Waals surface area (Å²) < 4.78 is 0. The Bertz CT molecular complexity index is 146. The smallest absolute Gasteiger partial charge is 0.217 e. The first-order valence-corrected chi connectivity index (χ1v) is 4.99. The van der Waals surface area contributed by atoms with Crippen molar-refractivity contribution < 1.29 is 9.59 Å². The lowest BCUT2D eigenvalue weighted by Crippen LogP contribution is -2.09. The molecule has 0 atom stereocenters. The minimum Gasteiger partial charge on any atom is -0.370 e. The Morgan fingerprint density at radius 2 is 1.54 bits per heavy atom. The molecular weight excluding hydrogens is 166 g/mol. The second kappa shape index (κ2) is 9.23. The molecule has 0 heterocycles. The highest BCUT2D eigenvalue weighted by Gasteiger charge is 1.94. The van der Waals surface area contributed by atoms with E-state index in [9.17, 15) is 9.59 Å². The van der Waals surface area contributed by atoms with Crippen molar-refractivity contribution >= 4 is 12.2 Å². The topological polar surface area (TPSA) is 60.2 Å². The summed E-state index contributed by atoms with van der Waals surface area (Å²) in [5.74, 6) is -0.207. The summed E-state index contributed by atoms with van der Waals surface area (Å²) >= 11 is 0. The van der Waals surface area contributed by atoms with E-state index in [0.29, 0.717) is 12.8 Å². The maximum Gasteiger partial charge on any atom is 0.217 e. The number of nitrogens with two attached hydrogens (primary N) is 1. The van der Waals surface area contributed by atoms with Gasteiger partial charge in [0, 0.05) is 12.8 Å². The van der Waals surface area contributed by atoms with Crippen LogP contribution in [-0.4, -0.2) is 12.2 Å². The van der Waals surface area contributed by atoms with Crippen molar-refractivity contribution in [3.05, 3.63) is 0 Å². The highest BCUT2D eigenvalue weighted by atomic mass is 16.1. The molecule has 76 valence electrons. The molecule has 1 amide bonds. The van der Waals surface area contributed by atoms with Crippen LogP contribution in [0.25, 0.3) is 0 Å². The predicted octanol–water partition coefficient (Wildman–Crippen LogP) is 1.79. The molecule has 0 aromatic carbocycles. The Kier molecular flexibility index (Phi) is 8.62. The van der Waals surface area contributed by atoms with Gasteiger partial charge < -0.3 is 10.5 Å². The summed E-state index contributed by atoms with van der Waals surface area (Å²) in [5, 5.41) is 0. The van der Waals surface area contributed by atoms with E-state index in [4.69, 9.17) is 5.73 Å². The first-order valence-electron chi connectivity index (χ1n) is 4.99. The quantitative estimate of drug-likeness (QED) is 0.439. The van der Waals surface area contributed by atoms with E-state index in [2.05, 4.69) is 0 Å². The maximum atomic E-state index is 10.4. The number of primary amides is 1. The van der Waals surface area contributed by atoms with E-state index >= 15 is 0 Å². The first-order chi connectivity index (χ1) is 6.27. The van der Waals surface area contributed by atoms with Gasteiger partial charge in [-0.1, -0.05) is 25.7 Å². The van der Waals surface area contributed by atoms with Crippen LogP contribution < -0.4 is 5.73 Å². The highest BCUT2D eigenvalue weighted by molar-refractivity contribution is 5.73. The molecule has 0 unspecified atom stereocenters. The molecule has 0 spiro atoms. The van der Waals surface area contributed by atoms with Crippen molar-refractivity contribution in [2.45, 2.75) is 51.4 Å². The van der Waals surface area contributed by atoms with Crippen LogP contribution in [0.15, 0.2) is 0 Å². The molecular formula is C10H19NO2. The lowest BCUT2D eigenvalue weighted by Gasteiger charge is -1.98. The van der Waals surface area contributed by atoms with Gasteiger partial charge >= 0.3 is 0 Å². The van der Waals surface area contributed by atoms with E-state index in [0.717, 1.165) is 44.8 Å². The number of carbonyl (C=O) groups is 2. The van der Waals surface area contributed by atoms with Gasteiger partial charge in [-0.3, -0.25) is 4.79 Å². The molecule has 0 saturated carbocycles. The molecule has 0 saturated heterocycles. The molecule has 0 bridgehead atoms. The number of rotatable bonds is 9. The Morgan fingerprint density at radius 3 is 2.08 bits per heavy atom. The molecule has 0 aliphatic heterocycles. The van der Waals surface area contributed by atoms with Crippen LogP contribution >= 0.6 is 0 Å². The van der Waals surface area contributed by atoms with E-state index in [-0.39, 0.29) is 5.91 Å². The summed E-state index contributed by atoms with van der Waals surface area (Å²) in [4.78, 5) is 20.3. The fourth-order valence-corrected chi connectivity index (χ4v) is 1.23. The highest BCUT2D eigenvalue weighted by Crippen LogP contribution is 2.07. The summed E-state index contributed by atoms with van der Waals surface area (Å²) in [5.41, 5.74) is 5.00. The molecule has 0 aliphatic rings. The number of hydrogen-bond acceptors (Lipinski definition) is 2. The maximum absolute atomic E-state index is 10.4. The fourth-order valence-electron chi connectivity index (χ4n) is 1.23. The first kappa shape index (κ1) is 12.1. The third kappa shape index (κ3) is 11.1. The van der Waals surface area contributed by atoms with Gasteiger partial charge in [-0.05, 0) is 12.8 Å². The Balaban J connectivity index is 2.91. The summed E-state index contributed by atoms with van der Waals surface area (Å²) in [7, 11) is 0. The van der Waals surface area contributed by atoms with Gasteiger partial charge in [0.2, 0.25) is 5.91 Å². The lowest BCUT2D eigenvalue weighted by molar-refractivity contribution is -0.118. The Morgan fingerprint density at radius 1 is 1.00 bits per heavy atom. The molecule has 13 heavy (non-hydrogen) atoms. The van der Waals surface area contributed by atoms with Crippen molar-refractivity contribution in [1.82, 2.24) is 0 Å². The third-order valence-corrected chi connectivity index (χ3v) is 2.00. The average molecular weight is 185 g/mol. The number of aldehydes is 1.